The van der Waals surface area contributed by atoms with E-state index in [2.05, 4.69) is 39.9 Å². The van der Waals surface area contributed by atoms with Gasteiger partial charge in [0, 0.05) is 13.2 Å². The van der Waals surface area contributed by atoms with Crippen LogP contribution in [0.5, 0.6) is 0 Å². The molecule has 0 saturated carbocycles. The second-order valence-electron chi connectivity index (χ2n) is 5.17. The molecule has 0 aliphatic heterocycles. The molecule has 0 aromatic carbocycles. The first-order valence-corrected chi connectivity index (χ1v) is 6.23. The average Bonchev–Trinajstić information content (AvgIpc) is 2.17. The van der Waals surface area contributed by atoms with E-state index in [1.54, 1.807) is 7.11 Å². The Morgan fingerprint density at radius 1 is 1.27 bits per heavy atom. The molecular weight excluding hydrogens is 186 g/mol. The number of rotatable bonds is 8. The van der Waals surface area contributed by atoms with Gasteiger partial charge in [-0.05, 0) is 39.2 Å². The molecule has 0 rings (SSSR count). The monoisotopic (exact) mass is 215 g/mol. The number of ether oxygens (including phenoxy) is 1. The molecule has 0 aliphatic rings. The van der Waals surface area contributed by atoms with Gasteiger partial charge in [0.2, 0.25) is 0 Å². The molecular formula is C13H29NO. The van der Waals surface area contributed by atoms with Gasteiger partial charge in [0.05, 0.1) is 5.60 Å². The zero-order chi connectivity index (χ0) is 11.9. The van der Waals surface area contributed by atoms with Gasteiger partial charge < -0.3 is 10.1 Å². The van der Waals surface area contributed by atoms with Crippen LogP contribution in [0.1, 0.15) is 53.9 Å². The Hall–Kier alpha value is -0.0800. The van der Waals surface area contributed by atoms with Gasteiger partial charge >= 0.3 is 0 Å². The van der Waals surface area contributed by atoms with Crippen molar-refractivity contribution < 1.29 is 4.74 Å². The van der Waals surface area contributed by atoms with Gasteiger partial charge in [-0.3, -0.25) is 0 Å². The van der Waals surface area contributed by atoms with Crippen LogP contribution in [0, 0.1) is 5.92 Å². The molecule has 2 heteroatoms. The highest BCUT2D eigenvalue weighted by atomic mass is 16.5. The Bertz CT molecular complexity index is 157. The molecule has 15 heavy (non-hydrogen) atoms. The summed E-state index contributed by atoms with van der Waals surface area (Å²) in [6, 6.07) is 0.583. The van der Waals surface area contributed by atoms with Crippen molar-refractivity contribution in [2.75, 3.05) is 13.7 Å². The largest absolute Gasteiger partial charge is 0.379 e. The summed E-state index contributed by atoms with van der Waals surface area (Å²) in [6.07, 6.45) is 3.59. The van der Waals surface area contributed by atoms with Gasteiger partial charge in [-0.1, -0.05) is 27.2 Å². The van der Waals surface area contributed by atoms with Gasteiger partial charge in [0.1, 0.15) is 0 Å². The van der Waals surface area contributed by atoms with Gasteiger partial charge in [-0.25, -0.2) is 0 Å². The van der Waals surface area contributed by atoms with Crippen molar-refractivity contribution in [1.82, 2.24) is 5.32 Å². The van der Waals surface area contributed by atoms with Crippen LogP contribution in [-0.2, 0) is 4.74 Å². The fourth-order valence-electron chi connectivity index (χ4n) is 1.86. The van der Waals surface area contributed by atoms with E-state index in [9.17, 15) is 0 Å². The summed E-state index contributed by atoms with van der Waals surface area (Å²) in [7, 11) is 1.80. The third kappa shape index (κ3) is 6.91. The summed E-state index contributed by atoms with van der Waals surface area (Å²) >= 11 is 0. The Morgan fingerprint density at radius 3 is 2.27 bits per heavy atom. The third-order valence-electron chi connectivity index (χ3n) is 3.17. The summed E-state index contributed by atoms with van der Waals surface area (Å²) in [6.45, 7) is 12.1. The van der Waals surface area contributed by atoms with E-state index in [4.69, 9.17) is 4.74 Å². The fraction of sp³-hybridized carbons (Fsp3) is 1.00. The minimum absolute atomic E-state index is 0.0136. The van der Waals surface area contributed by atoms with Crippen LogP contribution in [-0.4, -0.2) is 25.3 Å². The predicted octanol–water partition coefficient (Wildman–Crippen LogP) is 3.22. The normalized spacial score (nSPS) is 16.4. The first kappa shape index (κ1) is 14.9. The van der Waals surface area contributed by atoms with Crippen molar-refractivity contribution in [2.45, 2.75) is 65.5 Å². The maximum Gasteiger partial charge on any atom is 0.0637 e. The Balaban J connectivity index is 4.14. The Morgan fingerprint density at radius 2 is 1.87 bits per heavy atom. The van der Waals surface area contributed by atoms with Crippen molar-refractivity contribution in [1.29, 1.82) is 0 Å². The molecule has 0 aliphatic carbocycles. The fourth-order valence-corrected chi connectivity index (χ4v) is 1.86. The highest BCUT2D eigenvalue weighted by Gasteiger charge is 2.23. The highest BCUT2D eigenvalue weighted by molar-refractivity contribution is 4.79. The molecule has 2 nitrogen and oxygen atoms in total. The van der Waals surface area contributed by atoms with Gasteiger partial charge in [0.25, 0.3) is 0 Å². The molecule has 2 unspecified atom stereocenters. The molecule has 0 amide bonds. The predicted molar refractivity (Wildman–Crippen MR) is 67.2 cm³/mol. The summed E-state index contributed by atoms with van der Waals surface area (Å²) in [5.74, 6) is 0.793. The maximum absolute atomic E-state index is 5.49. The van der Waals surface area contributed by atoms with Crippen molar-refractivity contribution in [3.05, 3.63) is 0 Å². The standard InChI is InChI=1S/C13H29NO/c1-7-11(3)9-12(14-8-2)10-13(4,5)15-6/h11-12,14H,7-10H2,1-6H3. The maximum atomic E-state index is 5.49. The third-order valence-corrected chi connectivity index (χ3v) is 3.17. The van der Waals surface area contributed by atoms with Crippen LogP contribution in [0.3, 0.4) is 0 Å². The zero-order valence-electron chi connectivity index (χ0n) is 11.4. The van der Waals surface area contributed by atoms with Gasteiger partial charge in [0.15, 0.2) is 0 Å². The zero-order valence-corrected chi connectivity index (χ0v) is 11.4. The first-order chi connectivity index (χ1) is 6.95. The molecule has 0 aromatic rings. The second-order valence-corrected chi connectivity index (χ2v) is 5.17. The molecule has 1 N–H and O–H groups in total. The van der Waals surface area contributed by atoms with E-state index in [1.807, 2.05) is 0 Å². The lowest BCUT2D eigenvalue weighted by molar-refractivity contribution is 0.00532. The van der Waals surface area contributed by atoms with Crippen molar-refractivity contribution in [2.24, 2.45) is 5.92 Å². The van der Waals surface area contributed by atoms with Gasteiger partial charge in [-0.15, -0.1) is 0 Å². The van der Waals surface area contributed by atoms with Crippen LogP contribution in [0.2, 0.25) is 0 Å². The molecule has 0 aromatic heterocycles. The summed E-state index contributed by atoms with van der Waals surface area (Å²) in [5, 5.41) is 3.56. The number of methoxy groups -OCH3 is 1. The Kier molecular flexibility index (Phi) is 7.20. The molecule has 0 radical (unpaired) electrons. The topological polar surface area (TPSA) is 21.3 Å². The Labute approximate surface area is 95.8 Å². The molecule has 2 atom stereocenters. The number of hydrogen-bond donors (Lipinski definition) is 1. The SMILES string of the molecule is CCNC(CC(C)CC)CC(C)(C)OC. The molecule has 0 heterocycles. The minimum atomic E-state index is -0.0136. The smallest absolute Gasteiger partial charge is 0.0637 e. The minimum Gasteiger partial charge on any atom is -0.379 e. The number of nitrogens with one attached hydrogen (secondary N) is 1. The summed E-state index contributed by atoms with van der Waals surface area (Å²) < 4.78 is 5.49. The van der Waals surface area contributed by atoms with Crippen LogP contribution in [0.25, 0.3) is 0 Å². The van der Waals surface area contributed by atoms with E-state index >= 15 is 0 Å². The van der Waals surface area contributed by atoms with E-state index in [-0.39, 0.29) is 5.60 Å². The van der Waals surface area contributed by atoms with E-state index < -0.39 is 0 Å². The van der Waals surface area contributed by atoms with Gasteiger partial charge in [-0.2, -0.15) is 0 Å². The lowest BCUT2D eigenvalue weighted by Crippen LogP contribution is -2.38. The molecule has 0 bridgehead atoms. The summed E-state index contributed by atoms with van der Waals surface area (Å²) in [4.78, 5) is 0. The van der Waals surface area contributed by atoms with E-state index in [0.29, 0.717) is 6.04 Å². The van der Waals surface area contributed by atoms with Crippen LogP contribution < -0.4 is 5.32 Å². The van der Waals surface area contributed by atoms with Crippen LogP contribution >= 0.6 is 0 Å². The molecule has 0 saturated heterocycles. The van der Waals surface area contributed by atoms with E-state index in [1.165, 1.54) is 12.8 Å². The van der Waals surface area contributed by atoms with Crippen LogP contribution in [0.4, 0.5) is 0 Å². The quantitative estimate of drug-likeness (QED) is 0.671. The summed E-state index contributed by atoms with van der Waals surface area (Å²) in [5.41, 5.74) is -0.0136. The molecule has 0 fully saturated rings. The first-order valence-electron chi connectivity index (χ1n) is 6.23. The van der Waals surface area contributed by atoms with Crippen LogP contribution in [0.15, 0.2) is 0 Å². The highest BCUT2D eigenvalue weighted by Crippen LogP contribution is 2.20. The second kappa shape index (κ2) is 7.24. The van der Waals surface area contributed by atoms with Crippen molar-refractivity contribution in [3.8, 4) is 0 Å². The van der Waals surface area contributed by atoms with E-state index in [0.717, 1.165) is 18.9 Å². The lowest BCUT2D eigenvalue weighted by Gasteiger charge is -2.30. The number of hydrogen-bond acceptors (Lipinski definition) is 2. The lowest BCUT2D eigenvalue weighted by atomic mass is 9.91. The molecule has 92 valence electrons. The molecule has 0 spiro atoms. The van der Waals surface area contributed by atoms with Crippen molar-refractivity contribution >= 4 is 0 Å². The average molecular weight is 215 g/mol. The van der Waals surface area contributed by atoms with Crippen molar-refractivity contribution in [3.63, 3.8) is 0 Å².